The third kappa shape index (κ3) is 2.82. The van der Waals surface area contributed by atoms with Gasteiger partial charge >= 0.3 is 0 Å². The van der Waals surface area contributed by atoms with Crippen LogP contribution in [0.25, 0.3) is 11.3 Å². The molecule has 2 aromatic rings. The molecule has 106 valence electrons. The van der Waals surface area contributed by atoms with Crippen molar-refractivity contribution >= 4 is 5.82 Å². The summed E-state index contributed by atoms with van der Waals surface area (Å²) in [7, 11) is 0. The monoisotopic (exact) mass is 269 g/mol. The number of nitrogens with two attached hydrogens (primary N) is 1. The molecule has 0 spiro atoms. The Labute approximate surface area is 121 Å². The van der Waals surface area contributed by atoms with Crippen LogP contribution in [0.2, 0.25) is 0 Å². The molecule has 20 heavy (non-hydrogen) atoms. The van der Waals surface area contributed by atoms with Crippen LogP contribution in [0.4, 0.5) is 5.82 Å². The van der Waals surface area contributed by atoms with Crippen molar-refractivity contribution in [2.75, 3.05) is 5.73 Å². The molecule has 0 aliphatic heterocycles. The molecule has 0 saturated carbocycles. The number of nitrogens with zero attached hydrogens (tertiary/aromatic N) is 2. The van der Waals surface area contributed by atoms with Gasteiger partial charge < -0.3 is 5.73 Å². The Hall–Kier alpha value is -1.90. The van der Waals surface area contributed by atoms with Crippen LogP contribution in [0.15, 0.2) is 24.3 Å². The highest BCUT2D eigenvalue weighted by Gasteiger charge is 2.13. The normalized spacial score (nSPS) is 11.3. The summed E-state index contributed by atoms with van der Waals surface area (Å²) in [4.78, 5) is 9.06. The lowest BCUT2D eigenvalue weighted by atomic mass is 9.99. The molecule has 0 atom stereocenters. The van der Waals surface area contributed by atoms with E-state index in [4.69, 9.17) is 5.73 Å². The summed E-state index contributed by atoms with van der Waals surface area (Å²) >= 11 is 0. The van der Waals surface area contributed by atoms with E-state index in [0.717, 1.165) is 22.6 Å². The molecule has 0 radical (unpaired) electrons. The molecule has 1 heterocycles. The zero-order valence-corrected chi connectivity index (χ0v) is 12.9. The quantitative estimate of drug-likeness (QED) is 0.904. The van der Waals surface area contributed by atoms with E-state index in [2.05, 4.69) is 61.9 Å². The van der Waals surface area contributed by atoms with Crippen LogP contribution in [0.1, 0.15) is 56.5 Å². The van der Waals surface area contributed by atoms with E-state index < -0.39 is 0 Å². The van der Waals surface area contributed by atoms with Gasteiger partial charge in [0.1, 0.15) is 11.6 Å². The zero-order valence-electron chi connectivity index (χ0n) is 12.9. The standard InChI is InChI=1S/C17H23N3/c1-10(2)13-6-8-14(9-7-13)15-12(5)16(18)20-17(19-15)11(3)4/h6-11H,1-5H3,(H2,18,19,20). The SMILES string of the molecule is Cc1c(N)nc(C(C)C)nc1-c1ccc(C(C)C)cc1. The van der Waals surface area contributed by atoms with Crippen molar-refractivity contribution in [3.63, 3.8) is 0 Å². The Bertz CT molecular complexity index is 598. The summed E-state index contributed by atoms with van der Waals surface area (Å²) in [6.45, 7) is 10.5. The summed E-state index contributed by atoms with van der Waals surface area (Å²) in [5.41, 5.74) is 10.3. The van der Waals surface area contributed by atoms with Crippen molar-refractivity contribution in [3.05, 3.63) is 41.2 Å². The van der Waals surface area contributed by atoms with Gasteiger partial charge in [0.25, 0.3) is 0 Å². The van der Waals surface area contributed by atoms with Crippen LogP contribution >= 0.6 is 0 Å². The summed E-state index contributed by atoms with van der Waals surface area (Å²) < 4.78 is 0. The first kappa shape index (κ1) is 14.5. The number of hydrogen-bond donors (Lipinski definition) is 1. The van der Waals surface area contributed by atoms with Gasteiger partial charge in [0.15, 0.2) is 0 Å². The van der Waals surface area contributed by atoms with E-state index >= 15 is 0 Å². The minimum Gasteiger partial charge on any atom is -0.383 e. The van der Waals surface area contributed by atoms with Crippen LogP contribution in [0.3, 0.4) is 0 Å². The van der Waals surface area contributed by atoms with Gasteiger partial charge in [-0.2, -0.15) is 0 Å². The van der Waals surface area contributed by atoms with Crippen LogP contribution < -0.4 is 5.73 Å². The molecule has 3 nitrogen and oxygen atoms in total. The van der Waals surface area contributed by atoms with Crippen molar-refractivity contribution in [1.82, 2.24) is 9.97 Å². The average molecular weight is 269 g/mol. The predicted molar refractivity (Wildman–Crippen MR) is 84.8 cm³/mol. The number of benzene rings is 1. The van der Waals surface area contributed by atoms with Crippen molar-refractivity contribution in [3.8, 4) is 11.3 Å². The van der Waals surface area contributed by atoms with Crippen molar-refractivity contribution in [2.24, 2.45) is 0 Å². The minimum absolute atomic E-state index is 0.270. The lowest BCUT2D eigenvalue weighted by molar-refractivity contribution is 0.776. The average Bonchev–Trinajstić information content (AvgIpc) is 2.41. The summed E-state index contributed by atoms with van der Waals surface area (Å²) in [5, 5.41) is 0. The molecule has 0 fully saturated rings. The van der Waals surface area contributed by atoms with Gasteiger partial charge in [-0.15, -0.1) is 0 Å². The Morgan fingerprint density at radius 3 is 2.00 bits per heavy atom. The van der Waals surface area contributed by atoms with E-state index in [1.807, 2.05) is 6.92 Å². The maximum Gasteiger partial charge on any atom is 0.133 e. The Balaban J connectivity index is 2.51. The fourth-order valence-corrected chi connectivity index (χ4v) is 2.12. The molecule has 0 unspecified atom stereocenters. The zero-order chi connectivity index (χ0) is 14.9. The maximum atomic E-state index is 6.02. The Kier molecular flexibility index (Phi) is 4.07. The minimum atomic E-state index is 0.270. The number of hydrogen-bond acceptors (Lipinski definition) is 3. The summed E-state index contributed by atoms with van der Waals surface area (Å²) in [6, 6.07) is 8.56. The highest BCUT2D eigenvalue weighted by molar-refractivity contribution is 5.67. The molecule has 0 aliphatic carbocycles. The van der Waals surface area contributed by atoms with E-state index in [-0.39, 0.29) is 5.92 Å². The van der Waals surface area contributed by atoms with Crippen LogP contribution in [-0.2, 0) is 0 Å². The van der Waals surface area contributed by atoms with Crippen molar-refractivity contribution in [1.29, 1.82) is 0 Å². The third-order valence-electron chi connectivity index (χ3n) is 3.57. The van der Waals surface area contributed by atoms with Gasteiger partial charge in [0.05, 0.1) is 5.69 Å². The largest absolute Gasteiger partial charge is 0.383 e. The smallest absolute Gasteiger partial charge is 0.133 e. The first-order chi connectivity index (χ1) is 9.40. The molecule has 0 amide bonds. The highest BCUT2D eigenvalue weighted by atomic mass is 15.0. The molecule has 0 aliphatic rings. The molecular weight excluding hydrogens is 246 g/mol. The lowest BCUT2D eigenvalue weighted by Crippen LogP contribution is -2.06. The second-order valence-corrected chi connectivity index (χ2v) is 5.87. The first-order valence-electron chi connectivity index (χ1n) is 7.14. The highest BCUT2D eigenvalue weighted by Crippen LogP contribution is 2.27. The molecule has 2 N–H and O–H groups in total. The predicted octanol–water partition coefficient (Wildman–Crippen LogP) is 4.28. The summed E-state index contributed by atoms with van der Waals surface area (Å²) in [6.07, 6.45) is 0. The molecule has 1 aromatic heterocycles. The van der Waals surface area contributed by atoms with E-state index in [1.165, 1.54) is 5.56 Å². The Morgan fingerprint density at radius 2 is 1.50 bits per heavy atom. The number of rotatable bonds is 3. The molecule has 3 heteroatoms. The van der Waals surface area contributed by atoms with Gasteiger partial charge in [0, 0.05) is 17.0 Å². The molecule has 1 aromatic carbocycles. The Morgan fingerprint density at radius 1 is 0.900 bits per heavy atom. The van der Waals surface area contributed by atoms with E-state index in [0.29, 0.717) is 11.7 Å². The van der Waals surface area contributed by atoms with Crippen molar-refractivity contribution < 1.29 is 0 Å². The third-order valence-corrected chi connectivity index (χ3v) is 3.57. The first-order valence-corrected chi connectivity index (χ1v) is 7.14. The van der Waals surface area contributed by atoms with E-state index in [1.54, 1.807) is 0 Å². The van der Waals surface area contributed by atoms with Crippen LogP contribution in [0, 0.1) is 6.92 Å². The topological polar surface area (TPSA) is 51.8 Å². The van der Waals surface area contributed by atoms with Gasteiger partial charge in [-0.1, -0.05) is 52.0 Å². The van der Waals surface area contributed by atoms with Gasteiger partial charge in [0.2, 0.25) is 0 Å². The number of aromatic nitrogens is 2. The fourth-order valence-electron chi connectivity index (χ4n) is 2.12. The second kappa shape index (κ2) is 5.61. The molecular formula is C17H23N3. The van der Waals surface area contributed by atoms with E-state index in [9.17, 15) is 0 Å². The van der Waals surface area contributed by atoms with Crippen LogP contribution in [-0.4, -0.2) is 9.97 Å². The number of nitrogen functional groups attached to an aromatic ring is 1. The van der Waals surface area contributed by atoms with Gasteiger partial charge in [-0.3, -0.25) is 0 Å². The second-order valence-electron chi connectivity index (χ2n) is 5.87. The molecule has 2 rings (SSSR count). The maximum absolute atomic E-state index is 6.02. The lowest BCUT2D eigenvalue weighted by Gasteiger charge is -2.13. The molecule has 0 bridgehead atoms. The number of anilines is 1. The fraction of sp³-hybridized carbons (Fsp3) is 0.412. The van der Waals surface area contributed by atoms with Gasteiger partial charge in [-0.05, 0) is 18.4 Å². The van der Waals surface area contributed by atoms with Crippen molar-refractivity contribution in [2.45, 2.75) is 46.5 Å². The van der Waals surface area contributed by atoms with Gasteiger partial charge in [-0.25, -0.2) is 9.97 Å². The summed E-state index contributed by atoms with van der Waals surface area (Å²) in [5.74, 6) is 2.18. The van der Waals surface area contributed by atoms with Crippen LogP contribution in [0.5, 0.6) is 0 Å². The molecule has 0 saturated heterocycles.